The van der Waals surface area contributed by atoms with Crippen LogP contribution in [0, 0.1) is 5.92 Å². The second-order valence-corrected chi connectivity index (χ2v) is 7.82. The van der Waals surface area contributed by atoms with E-state index in [1.54, 1.807) is 11.3 Å². The Balaban J connectivity index is 1.60. The van der Waals surface area contributed by atoms with Crippen molar-refractivity contribution >= 4 is 17.3 Å². The van der Waals surface area contributed by atoms with E-state index < -0.39 is 0 Å². The highest BCUT2D eigenvalue weighted by Gasteiger charge is 2.15. The lowest BCUT2D eigenvalue weighted by Gasteiger charge is -2.11. The summed E-state index contributed by atoms with van der Waals surface area (Å²) in [6, 6.07) is 0. The minimum atomic E-state index is 0.504. The first-order valence-electron chi connectivity index (χ1n) is 9.81. The molecule has 0 amide bonds. The average molecular weight is 383 g/mol. The maximum atomic E-state index is 5.72. The molecule has 0 radical (unpaired) electrons. The van der Waals surface area contributed by atoms with Crippen molar-refractivity contribution in [2.24, 2.45) is 10.9 Å². The number of nitrogens with zero attached hydrogens (tertiary/aromatic N) is 2. The van der Waals surface area contributed by atoms with E-state index >= 15 is 0 Å². The summed E-state index contributed by atoms with van der Waals surface area (Å²) in [5, 5.41) is 10.1. The SMILES string of the molecule is CCNC(=NCCCOCC1CCOC1)NCCc1csc(C(C)C)n1. The van der Waals surface area contributed by atoms with Crippen molar-refractivity contribution in [3.8, 4) is 0 Å². The molecule has 6 nitrogen and oxygen atoms in total. The number of hydrogen-bond acceptors (Lipinski definition) is 5. The molecule has 1 aromatic rings. The monoisotopic (exact) mass is 382 g/mol. The first-order chi connectivity index (χ1) is 12.7. The van der Waals surface area contributed by atoms with Crippen LogP contribution in [-0.4, -0.2) is 57.0 Å². The normalized spacial score (nSPS) is 17.8. The summed E-state index contributed by atoms with van der Waals surface area (Å²) in [5.41, 5.74) is 1.16. The van der Waals surface area contributed by atoms with Gasteiger partial charge in [0, 0.05) is 56.5 Å². The molecule has 2 rings (SSSR count). The van der Waals surface area contributed by atoms with Gasteiger partial charge in [-0.2, -0.15) is 0 Å². The third kappa shape index (κ3) is 8.01. The molecule has 0 spiro atoms. The van der Waals surface area contributed by atoms with Gasteiger partial charge in [-0.3, -0.25) is 4.99 Å². The number of aromatic nitrogens is 1. The molecule has 1 aromatic heterocycles. The van der Waals surface area contributed by atoms with Crippen molar-refractivity contribution in [2.75, 3.05) is 46.1 Å². The van der Waals surface area contributed by atoms with Crippen LogP contribution in [-0.2, 0) is 15.9 Å². The third-order valence-corrected chi connectivity index (χ3v) is 5.37. The van der Waals surface area contributed by atoms with E-state index in [-0.39, 0.29) is 0 Å². The van der Waals surface area contributed by atoms with Crippen LogP contribution in [0.25, 0.3) is 0 Å². The first-order valence-corrected chi connectivity index (χ1v) is 10.7. The quantitative estimate of drug-likeness (QED) is 0.350. The topological polar surface area (TPSA) is 67.8 Å². The molecular formula is C19H34N4O2S. The maximum absolute atomic E-state index is 5.72. The van der Waals surface area contributed by atoms with E-state index in [4.69, 9.17) is 9.47 Å². The zero-order valence-corrected chi connectivity index (χ0v) is 17.2. The number of guanidine groups is 1. The zero-order valence-electron chi connectivity index (χ0n) is 16.4. The van der Waals surface area contributed by atoms with Gasteiger partial charge < -0.3 is 20.1 Å². The first kappa shape index (κ1) is 21.1. The second kappa shape index (κ2) is 12.3. The molecule has 148 valence electrons. The fourth-order valence-corrected chi connectivity index (χ4v) is 3.55. The number of rotatable bonds is 11. The second-order valence-electron chi connectivity index (χ2n) is 6.93. The predicted molar refractivity (Wildman–Crippen MR) is 108 cm³/mol. The summed E-state index contributed by atoms with van der Waals surface area (Å²) >= 11 is 1.75. The molecule has 0 saturated carbocycles. The molecule has 1 fully saturated rings. The fraction of sp³-hybridized carbons (Fsp3) is 0.789. The van der Waals surface area contributed by atoms with E-state index in [9.17, 15) is 0 Å². The number of ether oxygens (including phenoxy) is 2. The van der Waals surface area contributed by atoms with Gasteiger partial charge in [0.1, 0.15) is 0 Å². The van der Waals surface area contributed by atoms with Crippen molar-refractivity contribution < 1.29 is 9.47 Å². The number of thiazole rings is 1. The lowest BCUT2D eigenvalue weighted by molar-refractivity contribution is 0.0893. The molecular weight excluding hydrogens is 348 g/mol. The standard InChI is InChI=1S/C19H34N4O2S/c1-4-20-19(21-8-5-10-24-12-16-7-11-25-13-16)22-9-6-17-14-26-18(23-17)15(2)3/h14-16H,4-13H2,1-3H3,(H2,20,21,22). The summed E-state index contributed by atoms with van der Waals surface area (Å²) < 4.78 is 11.1. The lowest BCUT2D eigenvalue weighted by atomic mass is 10.1. The fourth-order valence-electron chi connectivity index (χ4n) is 2.68. The Hall–Kier alpha value is -1.18. The van der Waals surface area contributed by atoms with E-state index in [2.05, 4.69) is 46.8 Å². The molecule has 0 bridgehead atoms. The number of nitrogens with one attached hydrogen (secondary N) is 2. The van der Waals surface area contributed by atoms with Gasteiger partial charge in [0.15, 0.2) is 5.96 Å². The maximum Gasteiger partial charge on any atom is 0.191 e. The number of aliphatic imine (C=N–C) groups is 1. The highest BCUT2D eigenvalue weighted by molar-refractivity contribution is 7.09. The molecule has 1 saturated heterocycles. The highest BCUT2D eigenvalue weighted by atomic mass is 32.1. The summed E-state index contributed by atoms with van der Waals surface area (Å²) in [6.45, 7) is 12.2. The van der Waals surface area contributed by atoms with E-state index in [1.807, 2.05) is 0 Å². The van der Waals surface area contributed by atoms with Crippen molar-refractivity contribution in [2.45, 2.75) is 46.0 Å². The number of hydrogen-bond donors (Lipinski definition) is 2. The Labute approximate surface area is 161 Å². The molecule has 2 N–H and O–H groups in total. The predicted octanol–water partition coefficient (Wildman–Crippen LogP) is 2.81. The zero-order chi connectivity index (χ0) is 18.6. The van der Waals surface area contributed by atoms with Crippen LogP contribution in [0.4, 0.5) is 0 Å². The van der Waals surface area contributed by atoms with Crippen LogP contribution in [0.15, 0.2) is 10.4 Å². The average Bonchev–Trinajstić information content (AvgIpc) is 3.29. The van der Waals surface area contributed by atoms with Gasteiger partial charge in [-0.05, 0) is 19.8 Å². The van der Waals surface area contributed by atoms with E-state index in [0.29, 0.717) is 11.8 Å². The van der Waals surface area contributed by atoms with Crippen LogP contribution in [0.5, 0.6) is 0 Å². The van der Waals surface area contributed by atoms with Crippen LogP contribution < -0.4 is 10.6 Å². The Morgan fingerprint density at radius 2 is 2.35 bits per heavy atom. The van der Waals surface area contributed by atoms with Gasteiger partial charge in [0.25, 0.3) is 0 Å². The van der Waals surface area contributed by atoms with E-state index in [0.717, 1.165) is 77.0 Å². The van der Waals surface area contributed by atoms with Gasteiger partial charge in [-0.15, -0.1) is 11.3 Å². The summed E-state index contributed by atoms with van der Waals surface area (Å²) in [5.74, 6) is 1.96. The van der Waals surface area contributed by atoms with Crippen molar-refractivity contribution in [1.82, 2.24) is 15.6 Å². The Morgan fingerprint density at radius 3 is 3.04 bits per heavy atom. The van der Waals surface area contributed by atoms with Gasteiger partial charge in [-0.1, -0.05) is 13.8 Å². The molecule has 26 heavy (non-hydrogen) atoms. The molecule has 0 aromatic carbocycles. The minimum Gasteiger partial charge on any atom is -0.381 e. The minimum absolute atomic E-state index is 0.504. The smallest absolute Gasteiger partial charge is 0.191 e. The van der Waals surface area contributed by atoms with Crippen LogP contribution in [0.2, 0.25) is 0 Å². The Kier molecular flexibility index (Phi) is 9.95. The van der Waals surface area contributed by atoms with Crippen LogP contribution >= 0.6 is 11.3 Å². The van der Waals surface area contributed by atoms with Crippen LogP contribution in [0.1, 0.15) is 50.2 Å². The van der Waals surface area contributed by atoms with Gasteiger partial charge >= 0.3 is 0 Å². The Bertz CT molecular complexity index is 527. The summed E-state index contributed by atoms with van der Waals surface area (Å²) in [6.07, 6.45) is 2.98. The Morgan fingerprint density at radius 1 is 1.46 bits per heavy atom. The van der Waals surface area contributed by atoms with Crippen molar-refractivity contribution in [3.05, 3.63) is 16.1 Å². The lowest BCUT2D eigenvalue weighted by Crippen LogP contribution is -2.38. The third-order valence-electron chi connectivity index (χ3n) is 4.18. The highest BCUT2D eigenvalue weighted by Crippen LogP contribution is 2.19. The van der Waals surface area contributed by atoms with Gasteiger partial charge in [-0.25, -0.2) is 4.98 Å². The molecule has 1 atom stereocenters. The molecule has 0 aliphatic carbocycles. The van der Waals surface area contributed by atoms with E-state index in [1.165, 1.54) is 5.01 Å². The summed E-state index contributed by atoms with van der Waals surface area (Å²) in [4.78, 5) is 9.29. The molecule has 7 heteroatoms. The van der Waals surface area contributed by atoms with Gasteiger partial charge in [0.05, 0.1) is 23.9 Å². The largest absolute Gasteiger partial charge is 0.381 e. The van der Waals surface area contributed by atoms with Crippen LogP contribution in [0.3, 0.4) is 0 Å². The molecule has 1 aliphatic heterocycles. The molecule has 1 unspecified atom stereocenters. The molecule has 1 aliphatic rings. The molecule has 2 heterocycles. The van der Waals surface area contributed by atoms with Crippen molar-refractivity contribution in [3.63, 3.8) is 0 Å². The summed E-state index contributed by atoms with van der Waals surface area (Å²) in [7, 11) is 0. The van der Waals surface area contributed by atoms with Gasteiger partial charge in [0.2, 0.25) is 0 Å². The van der Waals surface area contributed by atoms with Crippen molar-refractivity contribution in [1.29, 1.82) is 0 Å².